The molecule has 0 saturated carbocycles. The fraction of sp³-hybridized carbons (Fsp3) is 0.208. The summed E-state index contributed by atoms with van der Waals surface area (Å²) in [4.78, 5) is 25.2. The number of carbonyl (C=O) groups excluding carboxylic acids is 1. The third-order valence-electron chi connectivity index (χ3n) is 5.18. The molecule has 0 atom stereocenters. The molecule has 0 aliphatic carbocycles. The van der Waals surface area contributed by atoms with E-state index < -0.39 is 0 Å². The van der Waals surface area contributed by atoms with Gasteiger partial charge in [-0.3, -0.25) is 9.59 Å². The molecular formula is C24H24N4O4. The van der Waals surface area contributed by atoms with Crippen LogP contribution in [0.4, 0.5) is 0 Å². The Morgan fingerprint density at radius 3 is 2.53 bits per heavy atom. The van der Waals surface area contributed by atoms with E-state index in [1.807, 2.05) is 36.4 Å². The summed E-state index contributed by atoms with van der Waals surface area (Å²) >= 11 is 0. The highest BCUT2D eigenvalue weighted by atomic mass is 16.5. The smallest absolute Gasteiger partial charge is 0.277 e. The predicted octanol–water partition coefficient (Wildman–Crippen LogP) is 2.54. The largest absolute Gasteiger partial charge is 0.493 e. The summed E-state index contributed by atoms with van der Waals surface area (Å²) in [6.45, 7) is 0.455. The standard InChI is InChI=1S/C24H24N4O4/c1-31-21-9-8-18(14-22(21)32-2)19-15-20-24(30)27(12-13-28(20)26-19)16-23(29)25-11-10-17-6-4-3-5-7-17/h3-9,12-15H,10-11,16H2,1-2H3,(H,25,29). The van der Waals surface area contributed by atoms with Crippen molar-refractivity contribution in [1.29, 1.82) is 0 Å². The van der Waals surface area contributed by atoms with Crippen molar-refractivity contribution in [2.75, 3.05) is 20.8 Å². The Labute approximate surface area is 185 Å². The minimum absolute atomic E-state index is 0.0546. The summed E-state index contributed by atoms with van der Waals surface area (Å²) in [6, 6.07) is 17.1. The predicted molar refractivity (Wildman–Crippen MR) is 121 cm³/mol. The second kappa shape index (κ2) is 9.38. The molecule has 1 N–H and O–H groups in total. The molecule has 4 aromatic rings. The van der Waals surface area contributed by atoms with Crippen LogP contribution >= 0.6 is 0 Å². The van der Waals surface area contributed by atoms with Gasteiger partial charge < -0.3 is 19.4 Å². The zero-order valence-electron chi connectivity index (χ0n) is 17.9. The maximum Gasteiger partial charge on any atom is 0.277 e. The van der Waals surface area contributed by atoms with Crippen molar-refractivity contribution in [3.05, 3.63) is 82.9 Å². The zero-order chi connectivity index (χ0) is 22.5. The van der Waals surface area contributed by atoms with Crippen LogP contribution in [0, 0.1) is 0 Å². The van der Waals surface area contributed by atoms with E-state index in [1.165, 1.54) is 9.08 Å². The second-order valence-electron chi connectivity index (χ2n) is 7.25. The zero-order valence-corrected chi connectivity index (χ0v) is 17.9. The maximum atomic E-state index is 12.9. The van der Waals surface area contributed by atoms with E-state index in [0.29, 0.717) is 29.3 Å². The quantitative estimate of drug-likeness (QED) is 0.462. The van der Waals surface area contributed by atoms with E-state index in [2.05, 4.69) is 10.4 Å². The van der Waals surface area contributed by atoms with Gasteiger partial charge in [0.1, 0.15) is 12.1 Å². The number of nitrogens with one attached hydrogen (secondary N) is 1. The first kappa shape index (κ1) is 21.2. The first-order valence-electron chi connectivity index (χ1n) is 10.2. The number of hydrogen-bond donors (Lipinski definition) is 1. The molecule has 4 rings (SSSR count). The Morgan fingerprint density at radius 1 is 1.00 bits per heavy atom. The van der Waals surface area contributed by atoms with Gasteiger partial charge in [-0.05, 0) is 36.2 Å². The fourth-order valence-corrected chi connectivity index (χ4v) is 3.49. The Hall–Kier alpha value is -4.07. The van der Waals surface area contributed by atoms with Crippen molar-refractivity contribution < 1.29 is 14.3 Å². The molecule has 0 saturated heterocycles. The van der Waals surface area contributed by atoms with Crippen LogP contribution in [0.2, 0.25) is 0 Å². The van der Waals surface area contributed by atoms with E-state index in [1.54, 1.807) is 44.8 Å². The summed E-state index contributed by atoms with van der Waals surface area (Å²) in [6.07, 6.45) is 3.97. The lowest BCUT2D eigenvalue weighted by atomic mass is 10.1. The molecule has 8 heteroatoms. The number of carbonyl (C=O) groups is 1. The summed E-state index contributed by atoms with van der Waals surface area (Å²) < 4.78 is 13.5. The number of nitrogens with zero attached hydrogens (tertiary/aromatic N) is 3. The maximum absolute atomic E-state index is 12.9. The average molecular weight is 432 g/mol. The summed E-state index contributed by atoms with van der Waals surface area (Å²) in [5.41, 5.74) is 2.65. The van der Waals surface area contributed by atoms with E-state index in [0.717, 1.165) is 17.5 Å². The monoisotopic (exact) mass is 432 g/mol. The molecule has 2 heterocycles. The number of hydrogen-bond acceptors (Lipinski definition) is 5. The van der Waals surface area contributed by atoms with E-state index in [-0.39, 0.29) is 18.0 Å². The van der Waals surface area contributed by atoms with Crippen LogP contribution in [-0.4, -0.2) is 40.9 Å². The summed E-state index contributed by atoms with van der Waals surface area (Å²) in [5, 5.41) is 7.35. The number of aromatic nitrogens is 3. The lowest BCUT2D eigenvalue weighted by Crippen LogP contribution is -2.33. The molecule has 0 spiro atoms. The van der Waals surface area contributed by atoms with Gasteiger partial charge in [0.2, 0.25) is 5.91 Å². The molecule has 0 fully saturated rings. The third-order valence-corrected chi connectivity index (χ3v) is 5.18. The highest BCUT2D eigenvalue weighted by Crippen LogP contribution is 2.31. The Bertz CT molecular complexity index is 1290. The van der Waals surface area contributed by atoms with E-state index in [9.17, 15) is 9.59 Å². The van der Waals surface area contributed by atoms with Gasteiger partial charge in [-0.25, -0.2) is 4.52 Å². The van der Waals surface area contributed by atoms with Crippen molar-refractivity contribution in [2.45, 2.75) is 13.0 Å². The Balaban J connectivity index is 1.49. The van der Waals surface area contributed by atoms with Gasteiger partial charge in [-0.15, -0.1) is 0 Å². The van der Waals surface area contributed by atoms with Crippen LogP contribution in [0.15, 0.2) is 71.8 Å². The van der Waals surface area contributed by atoms with Crippen LogP contribution in [0.5, 0.6) is 11.5 Å². The van der Waals surface area contributed by atoms with Gasteiger partial charge in [0.05, 0.1) is 19.9 Å². The topological polar surface area (TPSA) is 86.9 Å². The van der Waals surface area contributed by atoms with Gasteiger partial charge in [0.25, 0.3) is 5.56 Å². The number of rotatable bonds is 8. The molecule has 2 aromatic heterocycles. The molecule has 0 radical (unpaired) electrons. The van der Waals surface area contributed by atoms with E-state index in [4.69, 9.17) is 9.47 Å². The molecule has 8 nitrogen and oxygen atoms in total. The summed E-state index contributed by atoms with van der Waals surface area (Å²) in [5.74, 6) is 0.972. The molecule has 0 bridgehead atoms. The lowest BCUT2D eigenvalue weighted by Gasteiger charge is -2.08. The number of ether oxygens (including phenoxy) is 2. The third kappa shape index (κ3) is 4.49. The van der Waals surface area contributed by atoms with Crippen LogP contribution in [0.1, 0.15) is 5.56 Å². The molecule has 164 valence electrons. The average Bonchev–Trinajstić information content (AvgIpc) is 3.26. The van der Waals surface area contributed by atoms with Gasteiger partial charge in [-0.1, -0.05) is 30.3 Å². The van der Waals surface area contributed by atoms with Crippen molar-refractivity contribution in [3.8, 4) is 22.8 Å². The SMILES string of the molecule is COc1ccc(-c2cc3c(=O)n(CC(=O)NCCc4ccccc4)ccn3n2)cc1OC. The van der Waals surface area contributed by atoms with Crippen LogP contribution < -0.4 is 20.3 Å². The van der Waals surface area contributed by atoms with E-state index >= 15 is 0 Å². The molecular weight excluding hydrogens is 408 g/mol. The van der Waals surface area contributed by atoms with Crippen molar-refractivity contribution in [1.82, 2.24) is 19.5 Å². The number of amides is 1. The molecule has 0 aliphatic heterocycles. The molecule has 1 amide bonds. The second-order valence-corrected chi connectivity index (χ2v) is 7.25. The molecule has 0 aliphatic rings. The van der Waals surface area contributed by atoms with Gasteiger partial charge in [0.15, 0.2) is 11.5 Å². The number of benzene rings is 2. The molecule has 0 unspecified atom stereocenters. The van der Waals surface area contributed by atoms with Crippen LogP contribution in [-0.2, 0) is 17.8 Å². The van der Waals surface area contributed by atoms with Gasteiger partial charge >= 0.3 is 0 Å². The molecule has 32 heavy (non-hydrogen) atoms. The Morgan fingerprint density at radius 2 is 1.78 bits per heavy atom. The van der Waals surface area contributed by atoms with Crippen molar-refractivity contribution in [3.63, 3.8) is 0 Å². The van der Waals surface area contributed by atoms with Crippen LogP contribution in [0.25, 0.3) is 16.8 Å². The first-order chi connectivity index (χ1) is 15.6. The van der Waals surface area contributed by atoms with Gasteiger partial charge in [0, 0.05) is 24.5 Å². The summed E-state index contributed by atoms with van der Waals surface area (Å²) in [7, 11) is 3.14. The van der Waals surface area contributed by atoms with Crippen molar-refractivity contribution >= 4 is 11.4 Å². The van der Waals surface area contributed by atoms with Crippen LogP contribution in [0.3, 0.4) is 0 Å². The minimum Gasteiger partial charge on any atom is -0.493 e. The highest BCUT2D eigenvalue weighted by molar-refractivity contribution is 5.76. The normalized spacial score (nSPS) is 10.8. The fourth-order valence-electron chi connectivity index (χ4n) is 3.49. The number of methoxy groups -OCH3 is 2. The Kier molecular flexibility index (Phi) is 6.21. The first-order valence-corrected chi connectivity index (χ1v) is 10.2. The number of fused-ring (bicyclic) bond motifs is 1. The van der Waals surface area contributed by atoms with Gasteiger partial charge in [-0.2, -0.15) is 5.10 Å². The van der Waals surface area contributed by atoms with Crippen molar-refractivity contribution in [2.24, 2.45) is 0 Å². The molecule has 2 aromatic carbocycles. The minimum atomic E-state index is -0.287. The highest BCUT2D eigenvalue weighted by Gasteiger charge is 2.13. The lowest BCUT2D eigenvalue weighted by molar-refractivity contribution is -0.121.